The molecule has 0 unspecified atom stereocenters. The van der Waals surface area contributed by atoms with Crippen molar-refractivity contribution in [3.63, 3.8) is 0 Å². The van der Waals surface area contributed by atoms with Crippen molar-refractivity contribution in [3.8, 4) is 0 Å². The molecule has 4 N–H and O–H groups in total. The maximum absolute atomic E-state index is 5.84. The fourth-order valence-corrected chi connectivity index (χ4v) is 1.00. The van der Waals surface area contributed by atoms with Crippen molar-refractivity contribution in [3.05, 3.63) is 6.33 Å². The predicted molar refractivity (Wildman–Crippen MR) is 57.9 cm³/mol. The molecule has 0 saturated carbocycles. The van der Waals surface area contributed by atoms with Gasteiger partial charge < -0.3 is 16.5 Å². The number of nitrogen functional groups attached to an aromatic ring is 1. The number of nitrogens with one attached hydrogen (secondary N) is 2. The second-order valence-electron chi connectivity index (χ2n) is 3.02. The largest absolute Gasteiger partial charge is 0.393 e. The molecule has 6 nitrogen and oxygen atoms in total. The molecular weight excluding hydrogens is 180 g/mol. The van der Waals surface area contributed by atoms with E-state index in [0.717, 1.165) is 6.54 Å². The molecule has 1 aromatic heterocycles. The average molecular weight is 196 g/mol. The molecule has 0 amide bonds. The maximum atomic E-state index is 5.84. The molecule has 78 valence electrons. The third-order valence-corrected chi connectivity index (χ3v) is 1.56. The minimum absolute atomic E-state index is 0.531. The van der Waals surface area contributed by atoms with Crippen molar-refractivity contribution < 1.29 is 0 Å². The fourth-order valence-electron chi connectivity index (χ4n) is 1.00. The Balaban J connectivity index is 2.89. The van der Waals surface area contributed by atoms with Crippen LogP contribution in [0.25, 0.3) is 0 Å². The van der Waals surface area contributed by atoms with E-state index in [4.69, 9.17) is 5.73 Å². The molecule has 0 bridgehead atoms. The quantitative estimate of drug-likeness (QED) is 0.604. The van der Waals surface area contributed by atoms with Crippen LogP contribution in [0.2, 0.25) is 0 Å². The maximum Gasteiger partial charge on any atom is 0.169 e. The standard InChI is InChI=1S/C8H16N6/c1-4-10-7-6(9)8(12-5-11-7)13-14(2)3/h5H,4,9H2,1-3H3,(H2,10,11,12,13). The molecule has 0 aliphatic carbocycles. The van der Waals surface area contributed by atoms with Crippen molar-refractivity contribution in [2.24, 2.45) is 0 Å². The summed E-state index contributed by atoms with van der Waals surface area (Å²) in [6, 6.07) is 0. The molecule has 14 heavy (non-hydrogen) atoms. The van der Waals surface area contributed by atoms with Gasteiger partial charge in [0.2, 0.25) is 0 Å². The lowest BCUT2D eigenvalue weighted by Gasteiger charge is -2.15. The lowest BCUT2D eigenvalue weighted by Crippen LogP contribution is -2.22. The van der Waals surface area contributed by atoms with Gasteiger partial charge in [-0.05, 0) is 6.92 Å². The summed E-state index contributed by atoms with van der Waals surface area (Å²) in [4.78, 5) is 8.06. The second-order valence-corrected chi connectivity index (χ2v) is 3.02. The van der Waals surface area contributed by atoms with Crippen LogP contribution in [-0.4, -0.2) is 35.6 Å². The van der Waals surface area contributed by atoms with Crippen LogP contribution >= 0.6 is 0 Å². The van der Waals surface area contributed by atoms with Gasteiger partial charge in [0, 0.05) is 20.6 Å². The molecule has 0 saturated heterocycles. The summed E-state index contributed by atoms with van der Waals surface area (Å²) >= 11 is 0. The molecule has 0 fully saturated rings. The van der Waals surface area contributed by atoms with Gasteiger partial charge in [-0.25, -0.2) is 15.0 Å². The fraction of sp³-hybridized carbons (Fsp3) is 0.500. The Bertz CT molecular complexity index is 298. The first kappa shape index (κ1) is 10.5. The van der Waals surface area contributed by atoms with Crippen molar-refractivity contribution in [1.29, 1.82) is 0 Å². The molecule has 1 heterocycles. The van der Waals surface area contributed by atoms with E-state index in [0.29, 0.717) is 17.3 Å². The van der Waals surface area contributed by atoms with Gasteiger partial charge in [-0.1, -0.05) is 0 Å². The monoisotopic (exact) mass is 196 g/mol. The molecule has 0 radical (unpaired) electrons. The Hall–Kier alpha value is -1.56. The summed E-state index contributed by atoms with van der Waals surface area (Å²) in [5.74, 6) is 1.27. The zero-order valence-electron chi connectivity index (χ0n) is 8.70. The van der Waals surface area contributed by atoms with Crippen LogP contribution in [0.4, 0.5) is 17.3 Å². The molecule has 0 spiro atoms. The van der Waals surface area contributed by atoms with Crippen LogP contribution in [0.5, 0.6) is 0 Å². The Morgan fingerprint density at radius 3 is 2.57 bits per heavy atom. The van der Waals surface area contributed by atoms with Crippen molar-refractivity contribution in [1.82, 2.24) is 15.0 Å². The summed E-state index contributed by atoms with van der Waals surface area (Å²) < 4.78 is 0. The van der Waals surface area contributed by atoms with Gasteiger partial charge in [0.1, 0.15) is 12.0 Å². The van der Waals surface area contributed by atoms with E-state index in [9.17, 15) is 0 Å². The van der Waals surface area contributed by atoms with Crippen LogP contribution in [-0.2, 0) is 0 Å². The van der Waals surface area contributed by atoms with E-state index in [-0.39, 0.29) is 0 Å². The lowest BCUT2D eigenvalue weighted by molar-refractivity contribution is 0.492. The van der Waals surface area contributed by atoms with Crippen molar-refractivity contribution in [2.75, 3.05) is 37.1 Å². The Labute approximate surface area is 83.5 Å². The molecule has 0 aliphatic rings. The van der Waals surface area contributed by atoms with Crippen LogP contribution in [0, 0.1) is 0 Å². The minimum Gasteiger partial charge on any atom is -0.393 e. The molecule has 1 rings (SSSR count). The minimum atomic E-state index is 0.531. The molecule has 0 aliphatic heterocycles. The van der Waals surface area contributed by atoms with Gasteiger partial charge in [-0.15, -0.1) is 0 Å². The van der Waals surface area contributed by atoms with Crippen LogP contribution in [0.1, 0.15) is 6.92 Å². The molecule has 0 aromatic carbocycles. The smallest absolute Gasteiger partial charge is 0.169 e. The predicted octanol–water partition coefficient (Wildman–Crippen LogP) is 0.379. The number of hydrogen-bond donors (Lipinski definition) is 3. The van der Waals surface area contributed by atoms with Crippen LogP contribution in [0.3, 0.4) is 0 Å². The summed E-state index contributed by atoms with van der Waals surface area (Å²) in [5.41, 5.74) is 9.36. The number of hydrogen-bond acceptors (Lipinski definition) is 6. The van der Waals surface area contributed by atoms with E-state index < -0.39 is 0 Å². The molecule has 6 heteroatoms. The second kappa shape index (κ2) is 4.61. The van der Waals surface area contributed by atoms with Gasteiger partial charge in [0.25, 0.3) is 0 Å². The van der Waals surface area contributed by atoms with Crippen molar-refractivity contribution >= 4 is 17.3 Å². The summed E-state index contributed by atoms with van der Waals surface area (Å²) in [6.07, 6.45) is 1.47. The van der Waals surface area contributed by atoms with E-state index in [1.165, 1.54) is 6.33 Å². The number of rotatable bonds is 4. The highest BCUT2D eigenvalue weighted by atomic mass is 15.5. The Kier molecular flexibility index (Phi) is 3.47. The van der Waals surface area contributed by atoms with E-state index in [2.05, 4.69) is 20.7 Å². The summed E-state index contributed by atoms with van der Waals surface area (Å²) in [7, 11) is 3.74. The zero-order chi connectivity index (χ0) is 10.6. The number of aromatic nitrogens is 2. The highest BCUT2D eigenvalue weighted by molar-refractivity contribution is 5.73. The first-order valence-corrected chi connectivity index (χ1v) is 4.43. The van der Waals surface area contributed by atoms with Gasteiger partial charge >= 0.3 is 0 Å². The molecule has 0 atom stereocenters. The third kappa shape index (κ3) is 2.46. The first-order valence-electron chi connectivity index (χ1n) is 4.43. The van der Waals surface area contributed by atoms with Gasteiger partial charge in [0.05, 0.1) is 0 Å². The van der Waals surface area contributed by atoms with Gasteiger partial charge in [-0.3, -0.25) is 0 Å². The van der Waals surface area contributed by atoms with E-state index >= 15 is 0 Å². The zero-order valence-corrected chi connectivity index (χ0v) is 8.70. The normalized spacial score (nSPS) is 10.3. The van der Waals surface area contributed by atoms with Crippen molar-refractivity contribution in [2.45, 2.75) is 6.92 Å². The molecular formula is C8H16N6. The van der Waals surface area contributed by atoms with Gasteiger partial charge in [0.15, 0.2) is 11.6 Å². The van der Waals surface area contributed by atoms with Crippen LogP contribution in [0.15, 0.2) is 6.33 Å². The van der Waals surface area contributed by atoms with Gasteiger partial charge in [-0.2, -0.15) is 0 Å². The highest BCUT2D eigenvalue weighted by Crippen LogP contribution is 2.21. The molecule has 1 aromatic rings. The SMILES string of the molecule is CCNc1ncnc(NN(C)C)c1N. The van der Waals surface area contributed by atoms with E-state index in [1.807, 2.05) is 21.0 Å². The van der Waals surface area contributed by atoms with E-state index in [1.54, 1.807) is 5.01 Å². The third-order valence-electron chi connectivity index (χ3n) is 1.56. The Morgan fingerprint density at radius 1 is 1.36 bits per heavy atom. The number of nitrogens with zero attached hydrogens (tertiary/aromatic N) is 3. The van der Waals surface area contributed by atoms with Crippen LogP contribution < -0.4 is 16.5 Å². The Morgan fingerprint density at radius 2 is 2.00 bits per heavy atom. The first-order chi connectivity index (χ1) is 6.65. The lowest BCUT2D eigenvalue weighted by atomic mass is 10.4. The summed E-state index contributed by atoms with van der Waals surface area (Å²) in [6.45, 7) is 2.77. The highest BCUT2D eigenvalue weighted by Gasteiger charge is 2.06. The topological polar surface area (TPSA) is 79.1 Å². The number of anilines is 3. The average Bonchev–Trinajstić information content (AvgIpc) is 2.11. The number of hydrazine groups is 1. The number of nitrogens with two attached hydrogens (primary N) is 1. The summed E-state index contributed by atoms with van der Waals surface area (Å²) in [5, 5.41) is 4.83.